The number of benzene rings is 1. The van der Waals surface area contributed by atoms with Crippen molar-refractivity contribution in [2.75, 3.05) is 11.2 Å². The molecule has 0 saturated carbocycles. The van der Waals surface area contributed by atoms with Crippen molar-refractivity contribution >= 4 is 28.8 Å². The summed E-state index contributed by atoms with van der Waals surface area (Å²) < 4.78 is 28.6. The highest BCUT2D eigenvalue weighted by Gasteiger charge is 2.16. The molecule has 1 aliphatic rings. The lowest BCUT2D eigenvalue weighted by Crippen LogP contribution is -2.14. The van der Waals surface area contributed by atoms with Gasteiger partial charge in [0, 0.05) is 11.6 Å². The van der Waals surface area contributed by atoms with Crippen LogP contribution < -0.4 is 10.1 Å². The maximum absolute atomic E-state index is 12.4. The van der Waals surface area contributed by atoms with Gasteiger partial charge in [0.1, 0.15) is 11.4 Å². The summed E-state index contributed by atoms with van der Waals surface area (Å²) in [5.74, 6) is -0.0222. The molecule has 1 heterocycles. The number of carbonyl (C=O) groups is 1. The summed E-state index contributed by atoms with van der Waals surface area (Å²) in [5, 5.41) is 2.80. The summed E-state index contributed by atoms with van der Waals surface area (Å²) in [5.41, 5.74) is 5.45. The fraction of sp³-hybridized carbons (Fsp3) is 0.300. The minimum absolute atomic E-state index is 0.0963. The number of nitrogens with one attached hydrogen (secondary N) is 1. The molecule has 142 valence electrons. The lowest BCUT2D eigenvalue weighted by Gasteiger charge is -2.12. The third kappa shape index (κ3) is 4.63. The topological polar surface area (TPSA) is 51.2 Å². The molecule has 7 heteroatoms. The highest BCUT2D eigenvalue weighted by molar-refractivity contribution is 6.20. The van der Waals surface area contributed by atoms with Crippen molar-refractivity contribution in [3.05, 3.63) is 58.9 Å². The Labute approximate surface area is 161 Å². The SMILES string of the molecule is CC1=C(CCl)CCCc2ccc(NC(=O)c3ccc(OC(F)F)cn3)cc21. The average molecular weight is 393 g/mol. The third-order valence-electron chi connectivity index (χ3n) is 4.58. The van der Waals surface area contributed by atoms with E-state index in [1.54, 1.807) is 0 Å². The van der Waals surface area contributed by atoms with Crippen LogP contribution in [0.15, 0.2) is 42.1 Å². The van der Waals surface area contributed by atoms with E-state index in [1.165, 1.54) is 23.3 Å². The molecule has 0 unspecified atom stereocenters. The van der Waals surface area contributed by atoms with Gasteiger partial charge in [-0.25, -0.2) is 4.98 Å². The van der Waals surface area contributed by atoms with Crippen LogP contribution in [0.2, 0.25) is 0 Å². The first kappa shape index (κ1) is 19.3. The molecule has 0 fully saturated rings. The highest BCUT2D eigenvalue weighted by atomic mass is 35.5. The number of hydrogen-bond acceptors (Lipinski definition) is 3. The van der Waals surface area contributed by atoms with Crippen molar-refractivity contribution < 1.29 is 18.3 Å². The monoisotopic (exact) mass is 392 g/mol. The van der Waals surface area contributed by atoms with Crippen molar-refractivity contribution in [2.24, 2.45) is 0 Å². The van der Waals surface area contributed by atoms with Crippen LogP contribution in [0.3, 0.4) is 0 Å². The van der Waals surface area contributed by atoms with Crippen molar-refractivity contribution in [3.63, 3.8) is 0 Å². The summed E-state index contributed by atoms with van der Waals surface area (Å²) in [4.78, 5) is 16.3. The highest BCUT2D eigenvalue weighted by Crippen LogP contribution is 2.32. The number of nitrogens with zero attached hydrogens (tertiary/aromatic N) is 1. The molecule has 3 rings (SSSR count). The number of fused-ring (bicyclic) bond motifs is 1. The van der Waals surface area contributed by atoms with Gasteiger partial charge in [-0.15, -0.1) is 11.6 Å². The Morgan fingerprint density at radius 2 is 2.11 bits per heavy atom. The van der Waals surface area contributed by atoms with E-state index in [0.717, 1.165) is 36.6 Å². The van der Waals surface area contributed by atoms with E-state index in [0.29, 0.717) is 11.6 Å². The van der Waals surface area contributed by atoms with Gasteiger partial charge in [0.15, 0.2) is 0 Å². The van der Waals surface area contributed by atoms with Crippen molar-refractivity contribution in [2.45, 2.75) is 32.8 Å². The van der Waals surface area contributed by atoms with Crippen LogP contribution in [0, 0.1) is 0 Å². The Bertz CT molecular complexity index is 867. The Balaban J connectivity index is 1.79. The first-order chi connectivity index (χ1) is 13.0. The lowest BCUT2D eigenvalue weighted by molar-refractivity contribution is -0.0500. The van der Waals surface area contributed by atoms with E-state index in [2.05, 4.69) is 22.0 Å². The second-order valence-corrected chi connectivity index (χ2v) is 6.57. The van der Waals surface area contributed by atoms with Crippen LogP contribution in [0.5, 0.6) is 5.75 Å². The minimum Gasteiger partial charge on any atom is -0.433 e. The molecule has 1 aromatic carbocycles. The predicted molar refractivity (Wildman–Crippen MR) is 102 cm³/mol. The second kappa shape index (κ2) is 8.48. The molecule has 27 heavy (non-hydrogen) atoms. The number of pyridine rings is 1. The van der Waals surface area contributed by atoms with Gasteiger partial charge in [0.25, 0.3) is 5.91 Å². The number of halogens is 3. The van der Waals surface area contributed by atoms with Crippen LogP contribution in [-0.2, 0) is 6.42 Å². The number of amides is 1. The number of ether oxygens (including phenoxy) is 1. The molecular formula is C20H19ClF2N2O2. The zero-order chi connectivity index (χ0) is 19.4. The number of rotatable bonds is 5. The van der Waals surface area contributed by atoms with Gasteiger partial charge in [-0.05, 0) is 67.2 Å². The molecule has 1 aromatic heterocycles. The molecule has 1 N–H and O–H groups in total. The third-order valence-corrected chi connectivity index (χ3v) is 4.90. The van der Waals surface area contributed by atoms with E-state index in [4.69, 9.17) is 11.6 Å². The van der Waals surface area contributed by atoms with E-state index < -0.39 is 12.5 Å². The smallest absolute Gasteiger partial charge is 0.387 e. The Kier molecular flexibility index (Phi) is 6.06. The van der Waals surface area contributed by atoms with Gasteiger partial charge >= 0.3 is 6.61 Å². The zero-order valence-corrected chi connectivity index (χ0v) is 15.5. The molecule has 4 nitrogen and oxygen atoms in total. The van der Waals surface area contributed by atoms with Crippen molar-refractivity contribution in [3.8, 4) is 5.75 Å². The summed E-state index contributed by atoms with van der Waals surface area (Å²) in [6.07, 6.45) is 4.09. The van der Waals surface area contributed by atoms with Crippen molar-refractivity contribution in [1.82, 2.24) is 4.98 Å². The molecule has 0 atom stereocenters. The van der Waals surface area contributed by atoms with E-state index in [-0.39, 0.29) is 11.4 Å². The van der Waals surface area contributed by atoms with Gasteiger partial charge in [0.2, 0.25) is 0 Å². The predicted octanol–water partition coefficient (Wildman–Crippen LogP) is 5.28. The standard InChI is InChI=1S/C20H19ClF2N2O2/c1-12-14(10-21)4-2-3-13-5-6-15(9-17(12)13)25-19(26)18-8-7-16(11-24-18)27-20(22)23/h5-9,11,20H,2-4,10H2,1H3,(H,25,26). The first-order valence-electron chi connectivity index (χ1n) is 8.58. The quantitative estimate of drug-likeness (QED) is 0.704. The Morgan fingerprint density at radius 1 is 1.30 bits per heavy atom. The van der Waals surface area contributed by atoms with Gasteiger partial charge in [-0.2, -0.15) is 8.78 Å². The average Bonchev–Trinajstić information content (AvgIpc) is 2.80. The molecule has 0 saturated heterocycles. The Morgan fingerprint density at radius 3 is 2.78 bits per heavy atom. The van der Waals surface area contributed by atoms with Crippen molar-refractivity contribution in [1.29, 1.82) is 0 Å². The number of allylic oxidation sites excluding steroid dienone is 2. The molecule has 1 aliphatic carbocycles. The molecule has 0 bridgehead atoms. The number of aryl methyl sites for hydroxylation is 1. The molecule has 1 amide bonds. The number of aromatic nitrogens is 1. The normalized spacial score (nSPS) is 14.0. The maximum Gasteiger partial charge on any atom is 0.387 e. The van der Waals surface area contributed by atoms with Crippen LogP contribution in [0.1, 0.15) is 41.4 Å². The van der Waals surface area contributed by atoms with E-state index >= 15 is 0 Å². The zero-order valence-electron chi connectivity index (χ0n) is 14.8. The fourth-order valence-electron chi connectivity index (χ4n) is 3.14. The molecule has 0 spiro atoms. The maximum atomic E-state index is 12.4. The Hall–Kier alpha value is -2.47. The number of alkyl halides is 3. The minimum atomic E-state index is -2.93. The molecule has 0 aliphatic heterocycles. The van der Waals surface area contributed by atoms with Gasteiger partial charge in [-0.1, -0.05) is 11.6 Å². The van der Waals surface area contributed by atoms with Crippen LogP contribution in [0.4, 0.5) is 14.5 Å². The van der Waals surface area contributed by atoms with Gasteiger partial charge in [-0.3, -0.25) is 4.79 Å². The van der Waals surface area contributed by atoms with Crippen LogP contribution >= 0.6 is 11.6 Å². The fourth-order valence-corrected chi connectivity index (χ4v) is 3.47. The van der Waals surface area contributed by atoms with Crippen LogP contribution in [-0.4, -0.2) is 23.4 Å². The second-order valence-electron chi connectivity index (χ2n) is 6.30. The van der Waals surface area contributed by atoms with Gasteiger partial charge < -0.3 is 10.1 Å². The number of carbonyl (C=O) groups excluding carboxylic acids is 1. The summed E-state index contributed by atoms with van der Waals surface area (Å²) in [7, 11) is 0. The van der Waals surface area contributed by atoms with Gasteiger partial charge in [0.05, 0.1) is 6.20 Å². The number of anilines is 1. The molecule has 2 aromatic rings. The lowest BCUT2D eigenvalue weighted by atomic mass is 9.97. The molecule has 0 radical (unpaired) electrons. The summed E-state index contributed by atoms with van der Waals surface area (Å²) in [6.45, 7) is -0.878. The largest absolute Gasteiger partial charge is 0.433 e. The van der Waals surface area contributed by atoms with E-state index in [1.807, 2.05) is 18.2 Å². The van der Waals surface area contributed by atoms with Crippen LogP contribution in [0.25, 0.3) is 5.57 Å². The van der Waals surface area contributed by atoms with E-state index in [9.17, 15) is 13.6 Å². The number of hydrogen-bond donors (Lipinski definition) is 1. The summed E-state index contributed by atoms with van der Waals surface area (Å²) >= 11 is 6.07. The first-order valence-corrected chi connectivity index (χ1v) is 9.11. The summed E-state index contributed by atoms with van der Waals surface area (Å²) in [6, 6.07) is 8.43. The molecular weight excluding hydrogens is 374 g/mol.